The molecule has 2 aromatic heterocycles. The molecule has 0 fully saturated rings. The number of nitrogens with zero attached hydrogens (tertiary/aromatic N) is 2. The number of hydrogen-bond donors (Lipinski definition) is 3. The Kier molecular flexibility index (Phi) is 3.23. The molecule has 0 radical (unpaired) electrons. The summed E-state index contributed by atoms with van der Waals surface area (Å²) in [4.78, 5) is 36.5. The zero-order valence-electron chi connectivity index (χ0n) is 11.3. The van der Waals surface area contributed by atoms with E-state index in [4.69, 9.17) is 0 Å². The van der Waals surface area contributed by atoms with E-state index in [0.717, 1.165) is 16.8 Å². The van der Waals surface area contributed by atoms with E-state index in [2.05, 4.69) is 25.3 Å². The van der Waals surface area contributed by atoms with Gasteiger partial charge in [0.05, 0.1) is 22.9 Å². The minimum atomic E-state index is -0.287. The molecule has 0 saturated carbocycles. The van der Waals surface area contributed by atoms with Crippen LogP contribution in [0.3, 0.4) is 0 Å². The number of hydrogen-bond acceptors (Lipinski definition) is 4. The maximum Gasteiger partial charge on any atom is 0.323 e. The van der Waals surface area contributed by atoms with E-state index in [1.165, 1.54) is 6.20 Å². The highest BCUT2D eigenvalue weighted by molar-refractivity contribution is 5.91. The van der Waals surface area contributed by atoms with Crippen LogP contribution in [0.2, 0.25) is 0 Å². The first-order valence-electron chi connectivity index (χ1n) is 6.39. The first-order chi connectivity index (χ1) is 10.1. The smallest absolute Gasteiger partial charge is 0.323 e. The first-order valence-corrected chi connectivity index (χ1v) is 6.39. The summed E-state index contributed by atoms with van der Waals surface area (Å²) in [5.41, 5.74) is 3.11. The zero-order chi connectivity index (χ0) is 14.8. The lowest BCUT2D eigenvalue weighted by Crippen LogP contribution is -2.24. The van der Waals surface area contributed by atoms with E-state index in [-0.39, 0.29) is 17.3 Å². The molecule has 2 heterocycles. The van der Waals surface area contributed by atoms with Gasteiger partial charge in [0.1, 0.15) is 5.69 Å². The van der Waals surface area contributed by atoms with Crippen LogP contribution >= 0.6 is 0 Å². The zero-order valence-corrected chi connectivity index (χ0v) is 11.3. The number of carbonyl (C=O) groups is 1. The second kappa shape index (κ2) is 5.20. The van der Waals surface area contributed by atoms with Gasteiger partial charge in [-0.25, -0.2) is 9.78 Å². The van der Waals surface area contributed by atoms with Gasteiger partial charge in [-0.15, -0.1) is 0 Å². The third-order valence-electron chi connectivity index (χ3n) is 3.05. The van der Waals surface area contributed by atoms with Gasteiger partial charge in [-0.05, 0) is 24.6 Å². The van der Waals surface area contributed by atoms with Crippen molar-refractivity contribution in [3.05, 3.63) is 58.0 Å². The topological polar surface area (TPSA) is 104 Å². The van der Waals surface area contributed by atoms with Gasteiger partial charge < -0.3 is 15.3 Å². The lowest BCUT2D eigenvalue weighted by molar-refractivity contribution is 0.0945. The standard InChI is InChI=1S/C14H13N5O2/c1-8-5-16-12(7-15-8)13(20)17-6-9-2-3-10-11(4-9)19-14(21)18-10/h2-5,7H,6H2,1H3,(H,17,20)(H2,18,19,21). The Bertz CT molecular complexity index is 848. The maximum absolute atomic E-state index is 11.9. The average molecular weight is 283 g/mol. The summed E-state index contributed by atoms with van der Waals surface area (Å²) in [5.74, 6) is -0.287. The van der Waals surface area contributed by atoms with Gasteiger partial charge in [-0.3, -0.25) is 9.78 Å². The fourth-order valence-corrected chi connectivity index (χ4v) is 1.97. The molecule has 3 N–H and O–H groups in total. The van der Waals surface area contributed by atoms with Gasteiger partial charge in [-0.2, -0.15) is 0 Å². The summed E-state index contributed by atoms with van der Waals surface area (Å²) in [6, 6.07) is 5.45. The normalized spacial score (nSPS) is 10.7. The number of H-pyrrole nitrogens is 2. The summed E-state index contributed by atoms with van der Waals surface area (Å²) in [5, 5.41) is 2.76. The second-order valence-electron chi connectivity index (χ2n) is 4.68. The second-order valence-corrected chi connectivity index (χ2v) is 4.68. The van der Waals surface area contributed by atoms with Crippen molar-refractivity contribution in [3.8, 4) is 0 Å². The summed E-state index contributed by atoms with van der Waals surface area (Å²) >= 11 is 0. The molecule has 106 valence electrons. The Morgan fingerprint density at radius 3 is 2.76 bits per heavy atom. The van der Waals surface area contributed by atoms with Gasteiger partial charge in [0.25, 0.3) is 5.91 Å². The number of benzene rings is 1. The molecular formula is C14H13N5O2. The lowest BCUT2D eigenvalue weighted by Gasteiger charge is -2.05. The number of imidazole rings is 1. The monoisotopic (exact) mass is 283 g/mol. The highest BCUT2D eigenvalue weighted by atomic mass is 16.2. The number of aromatic amines is 2. The molecule has 7 heteroatoms. The SMILES string of the molecule is Cc1cnc(C(=O)NCc2ccc3[nH]c(=O)[nH]c3c2)cn1. The predicted molar refractivity (Wildman–Crippen MR) is 76.9 cm³/mol. The van der Waals surface area contributed by atoms with Crippen molar-refractivity contribution in [1.82, 2.24) is 25.3 Å². The lowest BCUT2D eigenvalue weighted by atomic mass is 10.2. The molecule has 0 aliphatic rings. The molecular weight excluding hydrogens is 270 g/mol. The summed E-state index contributed by atoms with van der Waals surface area (Å²) in [6.45, 7) is 2.15. The molecule has 0 unspecified atom stereocenters. The van der Waals surface area contributed by atoms with Crippen LogP contribution < -0.4 is 11.0 Å². The molecule has 7 nitrogen and oxygen atoms in total. The summed E-state index contributed by atoms with van der Waals surface area (Å²) in [7, 11) is 0. The van der Waals surface area contributed by atoms with Crippen molar-refractivity contribution in [2.45, 2.75) is 13.5 Å². The minimum Gasteiger partial charge on any atom is -0.347 e. The van der Waals surface area contributed by atoms with Crippen LogP contribution in [0.25, 0.3) is 11.0 Å². The highest BCUT2D eigenvalue weighted by Gasteiger charge is 2.07. The van der Waals surface area contributed by atoms with Crippen molar-refractivity contribution in [3.63, 3.8) is 0 Å². The average Bonchev–Trinajstić information content (AvgIpc) is 2.84. The molecule has 0 bridgehead atoms. The van der Waals surface area contributed by atoms with E-state index >= 15 is 0 Å². The number of aryl methyl sites for hydroxylation is 1. The molecule has 3 rings (SSSR count). The van der Waals surface area contributed by atoms with E-state index in [1.807, 2.05) is 19.1 Å². The number of amides is 1. The Morgan fingerprint density at radius 1 is 1.19 bits per heavy atom. The van der Waals surface area contributed by atoms with Crippen LogP contribution in [0.15, 0.2) is 35.4 Å². The summed E-state index contributed by atoms with van der Waals surface area (Å²) < 4.78 is 0. The van der Waals surface area contributed by atoms with Gasteiger partial charge in [-0.1, -0.05) is 6.07 Å². The first kappa shape index (κ1) is 13.0. The van der Waals surface area contributed by atoms with Crippen LogP contribution in [-0.4, -0.2) is 25.8 Å². The van der Waals surface area contributed by atoms with Crippen molar-refractivity contribution >= 4 is 16.9 Å². The highest BCUT2D eigenvalue weighted by Crippen LogP contribution is 2.10. The van der Waals surface area contributed by atoms with E-state index < -0.39 is 0 Å². The molecule has 3 aromatic rings. The molecule has 0 atom stereocenters. The van der Waals surface area contributed by atoms with Crippen molar-refractivity contribution in [2.75, 3.05) is 0 Å². The maximum atomic E-state index is 11.9. The Labute approximate surface area is 119 Å². The van der Waals surface area contributed by atoms with E-state index in [1.54, 1.807) is 12.3 Å². The van der Waals surface area contributed by atoms with Gasteiger partial charge in [0.15, 0.2) is 0 Å². The molecule has 1 amide bonds. The van der Waals surface area contributed by atoms with Gasteiger partial charge in [0, 0.05) is 12.7 Å². The van der Waals surface area contributed by atoms with Crippen LogP contribution in [-0.2, 0) is 6.54 Å². The van der Waals surface area contributed by atoms with Crippen LogP contribution in [0, 0.1) is 6.92 Å². The molecule has 0 spiro atoms. The van der Waals surface area contributed by atoms with Crippen molar-refractivity contribution in [2.24, 2.45) is 0 Å². The number of fused-ring (bicyclic) bond motifs is 1. The molecule has 0 aliphatic heterocycles. The van der Waals surface area contributed by atoms with E-state index in [0.29, 0.717) is 12.1 Å². The fourth-order valence-electron chi connectivity index (χ4n) is 1.97. The Hall–Kier alpha value is -2.96. The number of rotatable bonds is 3. The molecule has 0 aliphatic carbocycles. The number of carbonyl (C=O) groups excluding carboxylic acids is 1. The number of nitrogens with one attached hydrogen (secondary N) is 3. The minimum absolute atomic E-state index is 0.249. The van der Waals surface area contributed by atoms with Crippen molar-refractivity contribution < 1.29 is 4.79 Å². The van der Waals surface area contributed by atoms with Crippen LogP contribution in [0.4, 0.5) is 0 Å². The Morgan fingerprint density at radius 2 is 2.00 bits per heavy atom. The van der Waals surface area contributed by atoms with E-state index in [9.17, 15) is 9.59 Å². The largest absolute Gasteiger partial charge is 0.347 e. The molecule has 0 saturated heterocycles. The van der Waals surface area contributed by atoms with Gasteiger partial charge in [0.2, 0.25) is 0 Å². The van der Waals surface area contributed by atoms with Gasteiger partial charge >= 0.3 is 5.69 Å². The third kappa shape index (κ3) is 2.81. The Balaban J connectivity index is 1.72. The molecule has 1 aromatic carbocycles. The third-order valence-corrected chi connectivity index (χ3v) is 3.05. The van der Waals surface area contributed by atoms with Crippen LogP contribution in [0.1, 0.15) is 21.7 Å². The number of aromatic nitrogens is 4. The van der Waals surface area contributed by atoms with Crippen LogP contribution in [0.5, 0.6) is 0 Å². The predicted octanol–water partition coefficient (Wildman–Crippen LogP) is 0.885. The fraction of sp³-hybridized carbons (Fsp3) is 0.143. The summed E-state index contributed by atoms with van der Waals surface area (Å²) in [6.07, 6.45) is 2.99. The quantitative estimate of drug-likeness (QED) is 0.664. The van der Waals surface area contributed by atoms with Crippen molar-refractivity contribution in [1.29, 1.82) is 0 Å². The molecule has 21 heavy (non-hydrogen) atoms.